The van der Waals surface area contributed by atoms with Crippen molar-refractivity contribution in [1.82, 2.24) is 20.7 Å². The Bertz CT molecular complexity index is 939. The van der Waals surface area contributed by atoms with Crippen LogP contribution in [0.25, 0.3) is 11.0 Å². The van der Waals surface area contributed by atoms with Crippen molar-refractivity contribution >= 4 is 23.1 Å². The Morgan fingerprint density at radius 1 is 1.15 bits per heavy atom. The summed E-state index contributed by atoms with van der Waals surface area (Å²) in [5.41, 5.74) is 4.07. The topological polar surface area (TPSA) is 106 Å². The van der Waals surface area contributed by atoms with E-state index in [-0.39, 0.29) is 13.0 Å². The number of H-pyrrole nitrogens is 1. The number of aryl methyl sites for hydroxylation is 1. The Balaban J connectivity index is 1.67. The van der Waals surface area contributed by atoms with Gasteiger partial charge in [-0.3, -0.25) is 0 Å². The fourth-order valence-electron chi connectivity index (χ4n) is 2.79. The second-order valence-corrected chi connectivity index (χ2v) is 6.09. The number of esters is 1. The van der Waals surface area contributed by atoms with Gasteiger partial charge in [0.15, 0.2) is 0 Å². The first-order valence-corrected chi connectivity index (χ1v) is 8.42. The van der Waals surface area contributed by atoms with Crippen molar-refractivity contribution in [1.29, 1.82) is 0 Å². The van der Waals surface area contributed by atoms with Crippen LogP contribution >= 0.6 is 0 Å². The van der Waals surface area contributed by atoms with Crippen LogP contribution in [-0.4, -0.2) is 40.6 Å². The van der Waals surface area contributed by atoms with Gasteiger partial charge in [0.05, 0.1) is 7.11 Å². The number of carbonyl (C=O) groups is 2. The first-order valence-electron chi connectivity index (χ1n) is 8.42. The summed E-state index contributed by atoms with van der Waals surface area (Å²) in [7, 11) is 1.28. The van der Waals surface area contributed by atoms with Gasteiger partial charge in [-0.2, -0.15) is 15.4 Å². The standard InChI is InChI=1S/C19H20N4O4/c1-12-8-14(9-15-17(12)22-23-21-15)10-16(18(24)26-2)20-19(25)27-11-13-6-4-3-5-7-13/h3-9,16H,10-11H2,1-2H3,(H,20,25)(H,21,22,23). The summed E-state index contributed by atoms with van der Waals surface area (Å²) in [6.07, 6.45) is -0.440. The Morgan fingerprint density at radius 2 is 1.93 bits per heavy atom. The fraction of sp³-hybridized carbons (Fsp3) is 0.263. The molecule has 0 bridgehead atoms. The molecule has 140 valence electrons. The average Bonchev–Trinajstić information content (AvgIpc) is 3.15. The normalized spacial score (nSPS) is 11.8. The van der Waals surface area contributed by atoms with Crippen LogP contribution in [-0.2, 0) is 27.3 Å². The van der Waals surface area contributed by atoms with Crippen molar-refractivity contribution in [3.63, 3.8) is 0 Å². The second-order valence-electron chi connectivity index (χ2n) is 6.09. The smallest absolute Gasteiger partial charge is 0.408 e. The van der Waals surface area contributed by atoms with E-state index in [1.54, 1.807) is 0 Å². The molecular weight excluding hydrogens is 348 g/mol. The number of ether oxygens (including phenoxy) is 2. The van der Waals surface area contributed by atoms with E-state index in [9.17, 15) is 9.59 Å². The molecule has 1 atom stereocenters. The van der Waals surface area contributed by atoms with E-state index in [2.05, 4.69) is 20.7 Å². The highest BCUT2D eigenvalue weighted by atomic mass is 16.6. The van der Waals surface area contributed by atoms with Gasteiger partial charge in [-0.15, -0.1) is 0 Å². The Hall–Kier alpha value is -3.42. The molecule has 2 aromatic carbocycles. The zero-order chi connectivity index (χ0) is 19.2. The van der Waals surface area contributed by atoms with Crippen molar-refractivity contribution in [3.05, 3.63) is 59.2 Å². The van der Waals surface area contributed by atoms with Crippen LogP contribution in [0, 0.1) is 6.92 Å². The monoisotopic (exact) mass is 368 g/mol. The quantitative estimate of drug-likeness (QED) is 0.647. The lowest BCUT2D eigenvalue weighted by molar-refractivity contribution is -0.143. The van der Waals surface area contributed by atoms with Crippen molar-refractivity contribution in [3.8, 4) is 0 Å². The Morgan fingerprint density at radius 3 is 2.67 bits per heavy atom. The fourth-order valence-corrected chi connectivity index (χ4v) is 2.79. The molecule has 3 rings (SSSR count). The van der Waals surface area contributed by atoms with Crippen LogP contribution in [0.2, 0.25) is 0 Å². The number of hydrogen-bond donors (Lipinski definition) is 2. The lowest BCUT2D eigenvalue weighted by atomic mass is 10.0. The molecule has 3 aromatic rings. The number of rotatable bonds is 6. The SMILES string of the molecule is COC(=O)C(Cc1cc(C)c2n[nH]nc2c1)NC(=O)OCc1ccccc1. The summed E-state index contributed by atoms with van der Waals surface area (Å²) in [4.78, 5) is 24.2. The summed E-state index contributed by atoms with van der Waals surface area (Å²) >= 11 is 0. The molecule has 0 aliphatic carbocycles. The lowest BCUT2D eigenvalue weighted by Gasteiger charge is -2.17. The molecule has 27 heavy (non-hydrogen) atoms. The first-order chi connectivity index (χ1) is 13.1. The molecule has 2 N–H and O–H groups in total. The van der Waals surface area contributed by atoms with Gasteiger partial charge in [-0.25, -0.2) is 9.59 Å². The van der Waals surface area contributed by atoms with Crippen molar-refractivity contribution in [2.24, 2.45) is 0 Å². The number of methoxy groups -OCH3 is 1. The zero-order valence-electron chi connectivity index (χ0n) is 15.1. The maximum absolute atomic E-state index is 12.1. The maximum atomic E-state index is 12.1. The largest absolute Gasteiger partial charge is 0.467 e. The Kier molecular flexibility index (Phi) is 5.65. The van der Waals surface area contributed by atoms with Crippen LogP contribution in [0.15, 0.2) is 42.5 Å². The molecule has 1 unspecified atom stereocenters. The van der Waals surface area contributed by atoms with Crippen LogP contribution in [0.1, 0.15) is 16.7 Å². The molecule has 0 saturated carbocycles. The highest BCUT2D eigenvalue weighted by Crippen LogP contribution is 2.17. The van der Waals surface area contributed by atoms with Gasteiger partial charge in [-0.05, 0) is 29.7 Å². The predicted molar refractivity (Wildman–Crippen MR) is 97.9 cm³/mol. The number of nitrogens with one attached hydrogen (secondary N) is 2. The van der Waals surface area contributed by atoms with Crippen LogP contribution < -0.4 is 5.32 Å². The van der Waals surface area contributed by atoms with Crippen molar-refractivity contribution in [2.75, 3.05) is 7.11 Å². The number of benzene rings is 2. The number of aromatic nitrogens is 3. The maximum Gasteiger partial charge on any atom is 0.408 e. The molecule has 0 spiro atoms. The Labute approximate surface area is 155 Å². The van der Waals surface area contributed by atoms with E-state index in [1.165, 1.54) is 7.11 Å². The van der Waals surface area contributed by atoms with Gasteiger partial charge in [0, 0.05) is 6.42 Å². The molecule has 0 fully saturated rings. The molecule has 8 heteroatoms. The third kappa shape index (κ3) is 4.60. The molecule has 0 saturated heterocycles. The van der Waals surface area contributed by atoms with Gasteiger partial charge < -0.3 is 14.8 Å². The number of nitrogens with zero attached hydrogens (tertiary/aromatic N) is 2. The second kappa shape index (κ2) is 8.31. The molecule has 0 radical (unpaired) electrons. The molecular formula is C19H20N4O4. The summed E-state index contributed by atoms with van der Waals surface area (Å²) in [6.45, 7) is 2.02. The third-order valence-electron chi connectivity index (χ3n) is 4.10. The van der Waals surface area contributed by atoms with Crippen LogP contribution in [0.3, 0.4) is 0 Å². The molecule has 8 nitrogen and oxygen atoms in total. The van der Waals surface area contributed by atoms with E-state index < -0.39 is 18.1 Å². The minimum absolute atomic E-state index is 0.116. The molecule has 1 heterocycles. The summed E-state index contributed by atoms with van der Waals surface area (Å²) in [6, 6.07) is 12.1. The lowest BCUT2D eigenvalue weighted by Crippen LogP contribution is -2.43. The van der Waals surface area contributed by atoms with E-state index in [0.29, 0.717) is 5.52 Å². The van der Waals surface area contributed by atoms with Crippen molar-refractivity contribution in [2.45, 2.75) is 26.0 Å². The number of hydrogen-bond acceptors (Lipinski definition) is 6. The highest BCUT2D eigenvalue weighted by Gasteiger charge is 2.23. The molecule has 1 aromatic heterocycles. The molecule has 1 amide bonds. The average molecular weight is 368 g/mol. The van der Waals surface area contributed by atoms with E-state index >= 15 is 0 Å². The summed E-state index contributed by atoms with van der Waals surface area (Å²) < 4.78 is 9.99. The van der Waals surface area contributed by atoms with Gasteiger partial charge in [0.1, 0.15) is 23.7 Å². The zero-order valence-corrected chi connectivity index (χ0v) is 15.1. The highest BCUT2D eigenvalue weighted by molar-refractivity contribution is 5.82. The van der Waals surface area contributed by atoms with Crippen molar-refractivity contribution < 1.29 is 19.1 Å². The van der Waals surface area contributed by atoms with Gasteiger partial charge in [0.2, 0.25) is 0 Å². The van der Waals surface area contributed by atoms with E-state index in [1.807, 2.05) is 49.4 Å². The van der Waals surface area contributed by atoms with E-state index in [0.717, 1.165) is 22.2 Å². The van der Waals surface area contributed by atoms with Gasteiger partial charge in [-0.1, -0.05) is 36.4 Å². The summed E-state index contributed by atoms with van der Waals surface area (Å²) in [5, 5.41) is 13.3. The number of alkyl carbamates (subject to hydrolysis) is 1. The third-order valence-corrected chi connectivity index (χ3v) is 4.10. The predicted octanol–water partition coefficient (Wildman–Crippen LogP) is 2.28. The molecule has 0 aliphatic heterocycles. The number of amides is 1. The number of fused-ring (bicyclic) bond motifs is 1. The van der Waals surface area contributed by atoms with Crippen LogP contribution in [0.5, 0.6) is 0 Å². The molecule has 0 aliphatic rings. The van der Waals surface area contributed by atoms with E-state index in [4.69, 9.17) is 9.47 Å². The van der Waals surface area contributed by atoms with Gasteiger partial charge in [0.25, 0.3) is 0 Å². The minimum Gasteiger partial charge on any atom is -0.467 e. The van der Waals surface area contributed by atoms with Crippen LogP contribution in [0.4, 0.5) is 4.79 Å². The first kappa shape index (κ1) is 18.4. The number of carbonyl (C=O) groups excluding carboxylic acids is 2. The van der Waals surface area contributed by atoms with Gasteiger partial charge >= 0.3 is 12.1 Å². The number of aromatic amines is 1. The minimum atomic E-state index is -0.873. The summed E-state index contributed by atoms with van der Waals surface area (Å²) in [5.74, 6) is -0.551.